The second-order valence-corrected chi connectivity index (χ2v) is 10.9. The third-order valence-corrected chi connectivity index (χ3v) is 8.23. The molecule has 0 radical (unpaired) electrons. The van der Waals surface area contributed by atoms with E-state index in [0.717, 1.165) is 5.69 Å². The summed E-state index contributed by atoms with van der Waals surface area (Å²) in [7, 11) is 0. The molecule has 1 N–H and O–H groups in total. The van der Waals surface area contributed by atoms with Crippen molar-refractivity contribution in [1.29, 1.82) is 0 Å². The molecule has 3 aromatic rings. The summed E-state index contributed by atoms with van der Waals surface area (Å²) in [6, 6.07) is 14.1. The molecule has 3 aromatic carbocycles. The first kappa shape index (κ1) is 28.3. The number of anilines is 1. The SMILES string of the molecule is [C-]#[N+]c1ccc(N2CCN(Cc3ccc(COc4cccc5c4CN([C@H]4CCC(=O)NC4=O)C5=O)cc3F)CC2)cc1F. The van der Waals surface area contributed by atoms with Crippen LogP contribution in [0.5, 0.6) is 5.75 Å². The smallest absolute Gasteiger partial charge is 0.255 e. The Hall–Kier alpha value is -4.82. The molecule has 0 aliphatic carbocycles. The highest BCUT2D eigenvalue weighted by Crippen LogP contribution is 2.34. The van der Waals surface area contributed by atoms with Crippen LogP contribution >= 0.6 is 0 Å². The third kappa shape index (κ3) is 5.79. The minimum Gasteiger partial charge on any atom is -0.489 e. The van der Waals surface area contributed by atoms with Gasteiger partial charge in [-0.25, -0.2) is 13.6 Å². The molecule has 2 fully saturated rings. The minimum atomic E-state index is -0.713. The van der Waals surface area contributed by atoms with Crippen LogP contribution in [0.4, 0.5) is 20.2 Å². The van der Waals surface area contributed by atoms with Gasteiger partial charge in [-0.1, -0.05) is 24.3 Å². The molecule has 0 spiro atoms. The van der Waals surface area contributed by atoms with Crippen molar-refractivity contribution in [3.8, 4) is 5.75 Å². The Balaban J connectivity index is 1.05. The Labute approximate surface area is 247 Å². The van der Waals surface area contributed by atoms with Gasteiger partial charge in [0.25, 0.3) is 5.91 Å². The van der Waals surface area contributed by atoms with Crippen LogP contribution in [0.15, 0.2) is 54.6 Å². The number of carbonyl (C=O) groups excluding carboxylic acids is 3. The normalized spacial score (nSPS) is 18.8. The van der Waals surface area contributed by atoms with E-state index in [4.69, 9.17) is 11.3 Å². The molecule has 0 aromatic heterocycles. The van der Waals surface area contributed by atoms with Crippen LogP contribution < -0.4 is 15.0 Å². The number of nitrogens with zero attached hydrogens (tertiary/aromatic N) is 4. The zero-order valence-electron chi connectivity index (χ0n) is 23.3. The number of benzene rings is 3. The van der Waals surface area contributed by atoms with Gasteiger partial charge >= 0.3 is 0 Å². The van der Waals surface area contributed by atoms with Crippen molar-refractivity contribution in [2.75, 3.05) is 31.1 Å². The fourth-order valence-electron chi connectivity index (χ4n) is 5.85. The standard InChI is InChI=1S/C32H29F2N5O4/c1-35-27-8-7-22(16-26(27)34)38-13-11-37(12-14-38)17-21-6-5-20(15-25(21)33)19-43-29-4-2-3-23-24(29)18-39(32(23)42)28-9-10-30(40)36-31(28)41/h2-8,15-16,28H,9-14,17-19H2,(H,36,40,41)/t28-/m0/s1. The highest BCUT2D eigenvalue weighted by molar-refractivity contribution is 6.05. The van der Waals surface area contributed by atoms with Gasteiger partial charge in [-0.2, -0.15) is 0 Å². The number of carbonyl (C=O) groups is 3. The number of halogens is 2. The van der Waals surface area contributed by atoms with Crippen molar-refractivity contribution >= 4 is 29.1 Å². The van der Waals surface area contributed by atoms with Gasteiger partial charge < -0.3 is 14.5 Å². The van der Waals surface area contributed by atoms with Gasteiger partial charge in [-0.15, -0.1) is 0 Å². The minimum absolute atomic E-state index is 0.00547. The Morgan fingerprint density at radius 2 is 1.79 bits per heavy atom. The van der Waals surface area contributed by atoms with Gasteiger partial charge in [0.15, 0.2) is 0 Å². The van der Waals surface area contributed by atoms with E-state index >= 15 is 4.39 Å². The van der Waals surface area contributed by atoms with E-state index in [9.17, 15) is 18.8 Å². The predicted molar refractivity (Wildman–Crippen MR) is 153 cm³/mol. The summed E-state index contributed by atoms with van der Waals surface area (Å²) >= 11 is 0. The maximum atomic E-state index is 15.1. The zero-order valence-corrected chi connectivity index (χ0v) is 23.3. The van der Waals surface area contributed by atoms with Crippen LogP contribution in [-0.2, 0) is 29.3 Å². The molecule has 43 heavy (non-hydrogen) atoms. The number of imide groups is 1. The number of fused-ring (bicyclic) bond motifs is 1. The summed E-state index contributed by atoms with van der Waals surface area (Å²) in [5, 5.41) is 2.30. The molecule has 2 saturated heterocycles. The number of hydrogen-bond acceptors (Lipinski definition) is 6. The third-order valence-electron chi connectivity index (χ3n) is 8.23. The molecule has 0 saturated carbocycles. The molecular weight excluding hydrogens is 556 g/mol. The molecule has 3 heterocycles. The van der Waals surface area contributed by atoms with E-state index in [2.05, 4.69) is 20.0 Å². The van der Waals surface area contributed by atoms with Crippen LogP contribution in [0, 0.1) is 18.2 Å². The van der Waals surface area contributed by atoms with Gasteiger partial charge in [0.1, 0.15) is 30.0 Å². The molecular formula is C32H29F2N5O4. The van der Waals surface area contributed by atoms with Crippen molar-refractivity contribution in [1.82, 2.24) is 15.1 Å². The summed E-state index contributed by atoms with van der Waals surface area (Å²) in [4.78, 5) is 45.8. The number of hydrogen-bond donors (Lipinski definition) is 1. The van der Waals surface area contributed by atoms with Crippen molar-refractivity contribution in [2.24, 2.45) is 0 Å². The van der Waals surface area contributed by atoms with Crippen LogP contribution in [0.1, 0.15) is 39.9 Å². The maximum Gasteiger partial charge on any atom is 0.255 e. The summed E-state index contributed by atoms with van der Waals surface area (Å²) in [6.07, 6.45) is 0.456. The lowest BCUT2D eigenvalue weighted by atomic mass is 10.0. The maximum absolute atomic E-state index is 15.1. The van der Waals surface area contributed by atoms with Crippen molar-refractivity contribution in [3.05, 3.63) is 99.9 Å². The summed E-state index contributed by atoms with van der Waals surface area (Å²) < 4.78 is 35.2. The van der Waals surface area contributed by atoms with Gasteiger partial charge in [0.05, 0.1) is 13.1 Å². The van der Waals surface area contributed by atoms with Gasteiger partial charge in [-0.3, -0.25) is 24.6 Å². The summed E-state index contributed by atoms with van der Waals surface area (Å²) in [6.45, 7) is 10.4. The monoisotopic (exact) mass is 585 g/mol. The molecule has 3 amide bonds. The van der Waals surface area contributed by atoms with Gasteiger partial charge in [0, 0.05) is 61.5 Å². The first-order valence-corrected chi connectivity index (χ1v) is 14.1. The predicted octanol–water partition coefficient (Wildman–Crippen LogP) is 4.18. The number of nitrogens with one attached hydrogen (secondary N) is 1. The lowest BCUT2D eigenvalue weighted by molar-refractivity contribution is -0.136. The lowest BCUT2D eigenvalue weighted by Gasteiger charge is -2.36. The molecule has 6 rings (SSSR count). The quantitative estimate of drug-likeness (QED) is 0.331. The van der Waals surface area contributed by atoms with E-state index in [-0.39, 0.29) is 49.3 Å². The molecule has 3 aliphatic heterocycles. The van der Waals surface area contributed by atoms with E-state index in [0.29, 0.717) is 60.7 Å². The van der Waals surface area contributed by atoms with Crippen LogP contribution in [0.25, 0.3) is 4.85 Å². The van der Waals surface area contributed by atoms with Gasteiger partial charge in [-0.05, 0) is 42.3 Å². The number of amides is 3. The average Bonchev–Trinajstić information content (AvgIpc) is 3.34. The molecule has 1 atom stereocenters. The highest BCUT2D eigenvalue weighted by atomic mass is 19.1. The largest absolute Gasteiger partial charge is 0.489 e. The van der Waals surface area contributed by atoms with Crippen molar-refractivity contribution < 1.29 is 27.9 Å². The zero-order chi connectivity index (χ0) is 30.1. The Morgan fingerprint density at radius 1 is 0.977 bits per heavy atom. The van der Waals surface area contributed by atoms with E-state index in [1.54, 1.807) is 30.3 Å². The topological polar surface area (TPSA) is 86.6 Å². The van der Waals surface area contributed by atoms with E-state index in [1.807, 2.05) is 6.07 Å². The lowest BCUT2D eigenvalue weighted by Crippen LogP contribution is -2.52. The summed E-state index contributed by atoms with van der Waals surface area (Å²) in [5.74, 6) is -1.46. The number of piperazine rings is 1. The first-order chi connectivity index (χ1) is 20.8. The van der Waals surface area contributed by atoms with Crippen molar-refractivity contribution in [3.63, 3.8) is 0 Å². The molecule has 3 aliphatic rings. The van der Waals surface area contributed by atoms with E-state index < -0.39 is 17.8 Å². The fourth-order valence-corrected chi connectivity index (χ4v) is 5.85. The number of rotatable bonds is 7. The highest BCUT2D eigenvalue weighted by Gasteiger charge is 2.40. The van der Waals surface area contributed by atoms with Crippen molar-refractivity contribution in [2.45, 2.75) is 38.6 Å². The second-order valence-electron chi connectivity index (χ2n) is 10.9. The first-order valence-electron chi connectivity index (χ1n) is 14.1. The Morgan fingerprint density at radius 3 is 2.51 bits per heavy atom. The van der Waals surface area contributed by atoms with Crippen LogP contribution in [-0.4, -0.2) is 59.7 Å². The molecule has 11 heteroatoms. The molecule has 0 unspecified atom stereocenters. The molecule has 9 nitrogen and oxygen atoms in total. The number of ether oxygens (including phenoxy) is 1. The molecule has 220 valence electrons. The Kier molecular flexibility index (Phi) is 7.78. The van der Waals surface area contributed by atoms with Crippen LogP contribution in [0.3, 0.4) is 0 Å². The molecule has 0 bridgehead atoms. The van der Waals surface area contributed by atoms with Gasteiger partial charge in [0.2, 0.25) is 17.5 Å². The second kappa shape index (κ2) is 11.8. The Bertz CT molecular complexity index is 1650. The number of piperidine rings is 1. The average molecular weight is 586 g/mol. The fraction of sp³-hybridized carbons (Fsp3) is 0.312. The van der Waals surface area contributed by atoms with E-state index in [1.165, 1.54) is 23.1 Å². The summed E-state index contributed by atoms with van der Waals surface area (Å²) in [5.41, 5.74) is 3.06. The van der Waals surface area contributed by atoms with Crippen LogP contribution in [0.2, 0.25) is 0 Å².